The predicted molar refractivity (Wildman–Crippen MR) is 52.6 cm³/mol. The van der Waals surface area contributed by atoms with Crippen LogP contribution in [0.4, 0.5) is 0 Å². The number of ether oxygens (including phenoxy) is 1. The summed E-state index contributed by atoms with van der Waals surface area (Å²) in [5.74, 6) is 0.890. The Morgan fingerprint density at radius 1 is 1.31 bits per heavy atom. The molecule has 0 aromatic carbocycles. The second-order valence-corrected chi connectivity index (χ2v) is 4.23. The molecule has 0 aromatic heterocycles. The average molecular weight is 184 g/mol. The Morgan fingerprint density at radius 2 is 2.15 bits per heavy atom. The third-order valence-corrected chi connectivity index (χ3v) is 3.11. The van der Waals surface area contributed by atoms with Gasteiger partial charge in [0.2, 0.25) is 0 Å². The normalized spacial score (nSPS) is 28.8. The number of hydrogen-bond donors (Lipinski definition) is 1. The Morgan fingerprint density at radius 3 is 2.69 bits per heavy atom. The number of nitrogens with two attached hydrogens (primary N) is 1. The molecule has 2 fully saturated rings. The number of nitrogens with zero attached hydrogens (tertiary/aromatic N) is 1. The maximum Gasteiger partial charge on any atom is 0.0593 e. The second kappa shape index (κ2) is 4.40. The predicted octanol–water partition coefficient (Wildman–Crippen LogP) is 0.446. The van der Waals surface area contributed by atoms with Crippen LogP contribution in [0.25, 0.3) is 0 Å². The maximum absolute atomic E-state index is 5.60. The van der Waals surface area contributed by atoms with E-state index in [4.69, 9.17) is 10.5 Å². The van der Waals surface area contributed by atoms with Crippen molar-refractivity contribution >= 4 is 0 Å². The van der Waals surface area contributed by atoms with Gasteiger partial charge < -0.3 is 10.5 Å². The smallest absolute Gasteiger partial charge is 0.0593 e. The molecule has 0 aromatic rings. The van der Waals surface area contributed by atoms with Crippen molar-refractivity contribution in [3.63, 3.8) is 0 Å². The maximum atomic E-state index is 5.60. The summed E-state index contributed by atoms with van der Waals surface area (Å²) in [5, 5.41) is 0. The Hall–Kier alpha value is -0.120. The minimum absolute atomic E-state index is 0.643. The molecule has 2 aliphatic rings. The van der Waals surface area contributed by atoms with Gasteiger partial charge >= 0.3 is 0 Å². The van der Waals surface area contributed by atoms with E-state index in [9.17, 15) is 0 Å². The molecule has 3 heteroatoms. The molecule has 1 aliphatic carbocycles. The van der Waals surface area contributed by atoms with Crippen LogP contribution in [0.15, 0.2) is 0 Å². The lowest BCUT2D eigenvalue weighted by molar-refractivity contribution is 0.0410. The summed E-state index contributed by atoms with van der Waals surface area (Å²) < 4.78 is 5.57. The van der Waals surface area contributed by atoms with Crippen molar-refractivity contribution in [2.24, 2.45) is 11.7 Å². The van der Waals surface area contributed by atoms with Crippen molar-refractivity contribution in [2.75, 3.05) is 32.8 Å². The summed E-state index contributed by atoms with van der Waals surface area (Å²) in [6.45, 7) is 4.99. The van der Waals surface area contributed by atoms with E-state index >= 15 is 0 Å². The fraction of sp³-hybridized carbons (Fsp3) is 1.00. The van der Waals surface area contributed by atoms with E-state index < -0.39 is 0 Å². The highest BCUT2D eigenvalue weighted by atomic mass is 16.5. The summed E-state index contributed by atoms with van der Waals surface area (Å²) >= 11 is 0. The van der Waals surface area contributed by atoms with Crippen molar-refractivity contribution in [3.05, 3.63) is 0 Å². The zero-order valence-corrected chi connectivity index (χ0v) is 8.24. The molecule has 2 rings (SSSR count). The van der Waals surface area contributed by atoms with Gasteiger partial charge in [-0.2, -0.15) is 0 Å². The van der Waals surface area contributed by atoms with Crippen LogP contribution in [0.3, 0.4) is 0 Å². The molecule has 0 bridgehead atoms. The van der Waals surface area contributed by atoms with Crippen molar-refractivity contribution in [3.8, 4) is 0 Å². The molecule has 1 unspecified atom stereocenters. The largest absolute Gasteiger partial charge is 0.380 e. The summed E-state index contributed by atoms with van der Waals surface area (Å²) in [5.41, 5.74) is 5.60. The van der Waals surface area contributed by atoms with Gasteiger partial charge in [-0.3, -0.25) is 4.90 Å². The van der Waals surface area contributed by atoms with Crippen LogP contribution in [0, 0.1) is 5.92 Å². The molecule has 2 N–H and O–H groups in total. The molecule has 13 heavy (non-hydrogen) atoms. The molecule has 0 amide bonds. The van der Waals surface area contributed by atoms with E-state index in [2.05, 4.69) is 4.90 Å². The molecule has 3 nitrogen and oxygen atoms in total. The lowest BCUT2D eigenvalue weighted by Gasteiger charge is -2.40. The quantitative estimate of drug-likeness (QED) is 0.609. The standard InChI is InChI=1S/C10H20N2O/c11-7-10-3-4-12(10)5-6-13-8-9-1-2-9/h9-10H,1-8,11H2. The van der Waals surface area contributed by atoms with Gasteiger partial charge in [0, 0.05) is 32.3 Å². The van der Waals surface area contributed by atoms with E-state index in [0.717, 1.165) is 32.2 Å². The molecular formula is C10H20N2O. The first kappa shape index (κ1) is 9.44. The van der Waals surface area contributed by atoms with Gasteiger partial charge in [-0.25, -0.2) is 0 Å². The fourth-order valence-electron chi connectivity index (χ4n) is 1.77. The van der Waals surface area contributed by atoms with Crippen LogP contribution in [0.1, 0.15) is 19.3 Å². The second-order valence-electron chi connectivity index (χ2n) is 4.23. The number of hydrogen-bond acceptors (Lipinski definition) is 3. The van der Waals surface area contributed by atoms with Gasteiger partial charge in [-0.05, 0) is 25.2 Å². The van der Waals surface area contributed by atoms with E-state index in [-0.39, 0.29) is 0 Å². The molecule has 1 aliphatic heterocycles. The Bertz CT molecular complexity index is 157. The minimum atomic E-state index is 0.643. The molecule has 0 radical (unpaired) electrons. The highest BCUT2D eigenvalue weighted by molar-refractivity contribution is 4.82. The van der Waals surface area contributed by atoms with Crippen LogP contribution in [-0.2, 0) is 4.74 Å². The van der Waals surface area contributed by atoms with Crippen LogP contribution in [-0.4, -0.2) is 43.8 Å². The summed E-state index contributed by atoms with van der Waals surface area (Å²) in [4.78, 5) is 2.42. The third-order valence-electron chi connectivity index (χ3n) is 3.11. The van der Waals surface area contributed by atoms with Crippen molar-refractivity contribution in [1.82, 2.24) is 4.90 Å². The molecule has 0 spiro atoms. The summed E-state index contributed by atoms with van der Waals surface area (Å²) in [6, 6.07) is 0.643. The number of likely N-dealkylation sites (tertiary alicyclic amines) is 1. The number of rotatable bonds is 6. The monoisotopic (exact) mass is 184 g/mol. The highest BCUT2D eigenvalue weighted by Gasteiger charge is 2.26. The van der Waals surface area contributed by atoms with Crippen LogP contribution in [0.2, 0.25) is 0 Å². The Labute approximate surface area is 80.2 Å². The van der Waals surface area contributed by atoms with Gasteiger partial charge in [-0.15, -0.1) is 0 Å². The van der Waals surface area contributed by atoms with Gasteiger partial charge in [0.25, 0.3) is 0 Å². The molecule has 1 saturated carbocycles. The highest BCUT2D eigenvalue weighted by Crippen LogP contribution is 2.28. The molecular weight excluding hydrogens is 164 g/mol. The zero-order valence-electron chi connectivity index (χ0n) is 8.24. The summed E-state index contributed by atoms with van der Waals surface area (Å²) in [6.07, 6.45) is 4.05. The lowest BCUT2D eigenvalue weighted by Crippen LogP contribution is -2.52. The molecule has 1 saturated heterocycles. The SMILES string of the molecule is NCC1CCN1CCOCC1CC1. The lowest BCUT2D eigenvalue weighted by atomic mass is 10.0. The topological polar surface area (TPSA) is 38.5 Å². The first-order valence-corrected chi connectivity index (χ1v) is 5.42. The first-order chi connectivity index (χ1) is 6.40. The molecule has 1 heterocycles. The molecule has 1 atom stereocenters. The van der Waals surface area contributed by atoms with E-state index in [1.165, 1.54) is 25.8 Å². The van der Waals surface area contributed by atoms with Gasteiger partial charge in [-0.1, -0.05) is 0 Å². The fourth-order valence-corrected chi connectivity index (χ4v) is 1.77. The van der Waals surface area contributed by atoms with Gasteiger partial charge in [0.15, 0.2) is 0 Å². The van der Waals surface area contributed by atoms with Gasteiger partial charge in [0.1, 0.15) is 0 Å². The van der Waals surface area contributed by atoms with Crippen LogP contribution < -0.4 is 5.73 Å². The first-order valence-electron chi connectivity index (χ1n) is 5.42. The van der Waals surface area contributed by atoms with E-state index in [1.807, 2.05) is 0 Å². The zero-order chi connectivity index (χ0) is 9.10. The van der Waals surface area contributed by atoms with E-state index in [1.54, 1.807) is 0 Å². The summed E-state index contributed by atoms with van der Waals surface area (Å²) in [7, 11) is 0. The van der Waals surface area contributed by atoms with Crippen molar-refractivity contribution in [1.29, 1.82) is 0 Å². The van der Waals surface area contributed by atoms with Gasteiger partial charge in [0.05, 0.1) is 6.61 Å². The molecule has 76 valence electrons. The Balaban J connectivity index is 1.47. The van der Waals surface area contributed by atoms with Crippen LogP contribution >= 0.6 is 0 Å². The van der Waals surface area contributed by atoms with E-state index in [0.29, 0.717) is 6.04 Å². The average Bonchev–Trinajstić information content (AvgIpc) is 2.86. The Kier molecular flexibility index (Phi) is 3.19. The van der Waals surface area contributed by atoms with Crippen LogP contribution in [0.5, 0.6) is 0 Å². The van der Waals surface area contributed by atoms with Crippen molar-refractivity contribution in [2.45, 2.75) is 25.3 Å². The third kappa shape index (κ3) is 2.66. The minimum Gasteiger partial charge on any atom is -0.380 e. The van der Waals surface area contributed by atoms with Crippen molar-refractivity contribution < 1.29 is 4.74 Å².